The lowest BCUT2D eigenvalue weighted by Crippen LogP contribution is -2.65. The molecule has 2 amide bonds. The highest BCUT2D eigenvalue weighted by Crippen LogP contribution is 2.49. The Labute approximate surface area is 218 Å². The van der Waals surface area contributed by atoms with Gasteiger partial charge in [0.05, 0.1) is 39.7 Å². The summed E-state index contributed by atoms with van der Waals surface area (Å²) < 4.78 is 36.5. The van der Waals surface area contributed by atoms with Crippen LogP contribution in [0.3, 0.4) is 0 Å². The van der Waals surface area contributed by atoms with E-state index < -0.39 is 36.1 Å². The fourth-order valence-corrected chi connectivity index (χ4v) is 9.63. The molecule has 0 saturated carbocycles. The van der Waals surface area contributed by atoms with E-state index in [4.69, 9.17) is 8.95 Å². The van der Waals surface area contributed by atoms with E-state index in [1.807, 2.05) is 28.2 Å². The number of fused-ring (bicyclic) bond motifs is 1. The van der Waals surface area contributed by atoms with Crippen LogP contribution in [0.2, 0.25) is 18.1 Å². The van der Waals surface area contributed by atoms with Gasteiger partial charge in [-0.05, 0) is 43.6 Å². The van der Waals surface area contributed by atoms with Gasteiger partial charge < -0.3 is 13.8 Å². The highest BCUT2D eigenvalue weighted by atomic mass is 32.2. The van der Waals surface area contributed by atoms with E-state index in [0.29, 0.717) is 26.1 Å². The van der Waals surface area contributed by atoms with Gasteiger partial charge in [0.2, 0.25) is 21.8 Å². The quantitative estimate of drug-likeness (QED) is 0.230. The number of carbonyl (C=O) groups is 3. The van der Waals surface area contributed by atoms with Gasteiger partial charge in [0, 0.05) is 19.0 Å². The smallest absolute Gasteiger partial charge is 0.357 e. The lowest BCUT2D eigenvalue weighted by atomic mass is 9.77. The molecule has 1 N–H and O–H groups in total. The molecule has 0 spiro atoms. The molecule has 10 nitrogen and oxygen atoms in total. The van der Waals surface area contributed by atoms with Gasteiger partial charge in [0.15, 0.2) is 8.32 Å². The molecule has 0 radical (unpaired) electrons. The van der Waals surface area contributed by atoms with Crippen molar-refractivity contribution in [1.82, 2.24) is 14.5 Å². The van der Waals surface area contributed by atoms with Crippen LogP contribution < -0.4 is 4.72 Å². The Morgan fingerprint density at radius 1 is 1.22 bits per heavy atom. The minimum atomic E-state index is -3.62. The highest BCUT2D eigenvalue weighted by Gasteiger charge is 2.61. The largest absolute Gasteiger partial charge is 0.447 e. The summed E-state index contributed by atoms with van der Waals surface area (Å²) in [7, 11) is -3.58. The van der Waals surface area contributed by atoms with Crippen molar-refractivity contribution in [1.29, 1.82) is 0 Å². The summed E-state index contributed by atoms with van der Waals surface area (Å²) in [5, 5.41) is 0. The Kier molecular flexibility index (Phi) is 9.08. The second-order valence-corrected chi connectivity index (χ2v) is 17.0. The average Bonchev–Trinajstić information content (AvgIpc) is 3.38. The normalized spacial score (nSPS) is 27.6. The van der Waals surface area contributed by atoms with Gasteiger partial charge in [-0.1, -0.05) is 27.7 Å². The first kappa shape index (κ1) is 29.2. The van der Waals surface area contributed by atoms with E-state index in [1.165, 1.54) is 0 Å². The standard InChI is InChI=1S/C23H40N3O7PSSi/c1-7-36(8-2,9-3)33-15(5)18-19-14(4)17(20(23(29)32-34)26(19)22(18)28)13-25-11-10-16(12-25)21(27)24-35(6,30)31/h14-16,18-19H,7-13,34H2,1-6H3,(H,24,27)/t14-,15+,16-,18?,19+/m0/s1. The summed E-state index contributed by atoms with van der Waals surface area (Å²) in [5.41, 5.74) is 1.09. The fraction of sp³-hybridized carbons (Fsp3) is 0.783. The van der Waals surface area contributed by atoms with Crippen LogP contribution in [0.1, 0.15) is 41.0 Å². The molecule has 2 saturated heterocycles. The van der Waals surface area contributed by atoms with Crippen molar-refractivity contribution < 1.29 is 31.8 Å². The topological polar surface area (TPSA) is 122 Å². The molecule has 6 atom stereocenters. The van der Waals surface area contributed by atoms with Gasteiger partial charge in [0.25, 0.3) is 0 Å². The van der Waals surface area contributed by atoms with Crippen molar-refractivity contribution in [2.75, 3.05) is 25.9 Å². The molecule has 0 aliphatic carbocycles. The number of rotatable bonds is 11. The number of β-lactam (4-membered cyclic amide) rings is 1. The fourth-order valence-electron chi connectivity index (χ4n) is 6.05. The molecule has 3 aliphatic heterocycles. The third-order valence-corrected chi connectivity index (χ3v) is 13.8. The van der Waals surface area contributed by atoms with Crippen LogP contribution in [0.4, 0.5) is 0 Å². The first-order valence-corrected chi connectivity index (χ1v) is 17.6. The van der Waals surface area contributed by atoms with E-state index >= 15 is 0 Å². The Hall–Kier alpha value is -1.33. The van der Waals surface area contributed by atoms with Gasteiger partial charge >= 0.3 is 5.97 Å². The molecule has 13 heteroatoms. The number of hydrogen-bond donors (Lipinski definition) is 1. The first-order chi connectivity index (χ1) is 16.8. The summed E-state index contributed by atoms with van der Waals surface area (Å²) in [6, 6.07) is 2.80. The van der Waals surface area contributed by atoms with Gasteiger partial charge in [0.1, 0.15) is 5.70 Å². The van der Waals surface area contributed by atoms with Crippen molar-refractivity contribution >= 4 is 45.6 Å². The van der Waals surface area contributed by atoms with E-state index in [9.17, 15) is 22.8 Å². The summed E-state index contributed by atoms with van der Waals surface area (Å²) in [6.07, 6.45) is 1.24. The van der Waals surface area contributed by atoms with E-state index in [1.54, 1.807) is 4.90 Å². The van der Waals surface area contributed by atoms with Gasteiger partial charge in [-0.15, -0.1) is 0 Å². The van der Waals surface area contributed by atoms with Crippen LogP contribution in [0, 0.1) is 17.8 Å². The number of nitrogens with one attached hydrogen (secondary N) is 1. The summed E-state index contributed by atoms with van der Waals surface area (Å²) in [4.78, 5) is 42.1. The van der Waals surface area contributed by atoms with Crippen LogP contribution in [-0.2, 0) is 33.4 Å². The molecule has 3 rings (SSSR count). The van der Waals surface area contributed by atoms with Crippen molar-refractivity contribution in [3.63, 3.8) is 0 Å². The minimum Gasteiger partial charge on any atom is -0.447 e. The summed E-state index contributed by atoms with van der Waals surface area (Å²) in [5.74, 6) is -2.06. The van der Waals surface area contributed by atoms with E-state index in [2.05, 4.69) is 25.5 Å². The van der Waals surface area contributed by atoms with Gasteiger partial charge in [-0.2, -0.15) is 0 Å². The zero-order chi connectivity index (χ0) is 27.0. The highest BCUT2D eigenvalue weighted by molar-refractivity contribution is 7.89. The van der Waals surface area contributed by atoms with Gasteiger partial charge in [-0.25, -0.2) is 13.2 Å². The van der Waals surface area contributed by atoms with Crippen LogP contribution in [-0.4, -0.2) is 82.4 Å². The van der Waals surface area contributed by atoms with E-state index in [0.717, 1.165) is 30.0 Å². The molecule has 2 fully saturated rings. The van der Waals surface area contributed by atoms with Crippen LogP contribution in [0.15, 0.2) is 11.3 Å². The molecular weight excluding hydrogens is 521 g/mol. The lowest BCUT2D eigenvalue weighted by Gasteiger charge is -2.49. The maximum absolute atomic E-state index is 13.4. The molecule has 2 unspecified atom stereocenters. The lowest BCUT2D eigenvalue weighted by molar-refractivity contribution is -0.161. The maximum atomic E-state index is 13.4. The number of nitrogens with zero attached hydrogens (tertiary/aromatic N) is 2. The zero-order valence-electron chi connectivity index (χ0n) is 22.1. The number of amides is 2. The molecule has 0 aromatic heterocycles. The van der Waals surface area contributed by atoms with Crippen molar-refractivity contribution in [2.45, 2.75) is 71.3 Å². The van der Waals surface area contributed by atoms with Crippen molar-refractivity contribution in [3.05, 3.63) is 11.3 Å². The number of carbonyl (C=O) groups excluding carboxylic acids is 3. The molecular formula is C23H40N3O7PSSi. The SMILES string of the molecule is CC[Si](CC)(CC)O[C@H](C)C1C(=O)N2C(C(=O)OP)=C(CN3CC[C@H](C(=O)NS(C)(=O)=O)C3)[C@H](C)[C@H]12. The zero-order valence-corrected chi connectivity index (χ0v) is 25.0. The first-order valence-electron chi connectivity index (χ1n) is 12.7. The molecule has 0 aromatic carbocycles. The summed E-state index contributed by atoms with van der Waals surface area (Å²) in [6.45, 7) is 11.8. The maximum Gasteiger partial charge on any atom is 0.357 e. The molecule has 0 bridgehead atoms. The Morgan fingerprint density at radius 3 is 2.36 bits per heavy atom. The number of likely N-dealkylation sites (tertiary alicyclic amines) is 1. The average molecular weight is 562 g/mol. The van der Waals surface area contributed by atoms with Crippen LogP contribution >= 0.6 is 9.47 Å². The Balaban J connectivity index is 1.78. The third-order valence-electron chi connectivity index (χ3n) is 8.29. The van der Waals surface area contributed by atoms with Crippen LogP contribution in [0.5, 0.6) is 0 Å². The van der Waals surface area contributed by atoms with Crippen molar-refractivity contribution in [2.24, 2.45) is 17.8 Å². The minimum absolute atomic E-state index is 0.0808. The Bertz CT molecular complexity index is 1020. The number of sulfonamides is 1. The predicted octanol–water partition coefficient (Wildman–Crippen LogP) is 1.86. The second kappa shape index (κ2) is 11.2. The molecule has 3 aliphatic rings. The van der Waals surface area contributed by atoms with Crippen molar-refractivity contribution in [3.8, 4) is 0 Å². The molecule has 204 valence electrons. The third kappa shape index (κ3) is 5.57. The second-order valence-electron chi connectivity index (χ2n) is 10.3. The Morgan fingerprint density at radius 2 is 1.83 bits per heavy atom. The number of hydrogen-bond acceptors (Lipinski definition) is 8. The van der Waals surface area contributed by atoms with E-state index in [-0.39, 0.29) is 35.6 Å². The van der Waals surface area contributed by atoms with Gasteiger partial charge in [-0.3, -0.25) is 19.2 Å². The predicted molar refractivity (Wildman–Crippen MR) is 141 cm³/mol. The van der Waals surface area contributed by atoms with Crippen LogP contribution in [0.25, 0.3) is 0 Å². The monoisotopic (exact) mass is 561 g/mol. The molecule has 0 aromatic rings. The molecule has 36 heavy (non-hydrogen) atoms. The summed E-state index contributed by atoms with van der Waals surface area (Å²) >= 11 is 0. The molecule has 3 heterocycles.